The van der Waals surface area contributed by atoms with Crippen molar-refractivity contribution in [2.45, 2.75) is 32.6 Å². The average Bonchev–Trinajstić information content (AvgIpc) is 2.35. The molecule has 0 fully saturated rings. The average molecular weight is 321 g/mol. The summed E-state index contributed by atoms with van der Waals surface area (Å²) in [5.41, 5.74) is 2.77. The highest BCUT2D eigenvalue weighted by atomic mass is 32.2. The molecule has 0 aromatic heterocycles. The highest BCUT2D eigenvalue weighted by Gasteiger charge is 2.07. The second kappa shape index (κ2) is 10.6. The van der Waals surface area contributed by atoms with Gasteiger partial charge in [0.2, 0.25) is 10.0 Å². The van der Waals surface area contributed by atoms with Gasteiger partial charge in [0.1, 0.15) is 0 Å². The number of thioether (sulfide) groups is 1. The molecule has 2 N–H and O–H groups in total. The molecule has 5 nitrogen and oxygen atoms in total. The molecule has 0 spiro atoms. The largest absolute Gasteiger partial charge is 0.483 e. The van der Waals surface area contributed by atoms with Crippen LogP contribution < -0.4 is 4.72 Å². The quantitative estimate of drug-likeness (QED) is 0.660. The van der Waals surface area contributed by atoms with Crippen LogP contribution in [0.25, 0.3) is 0 Å². The van der Waals surface area contributed by atoms with Crippen molar-refractivity contribution in [1.29, 1.82) is 0 Å². The van der Waals surface area contributed by atoms with Gasteiger partial charge in [0.05, 0.1) is 11.9 Å². The first-order valence-electron chi connectivity index (χ1n) is 5.96. The highest BCUT2D eigenvalue weighted by Crippen LogP contribution is 2.27. The summed E-state index contributed by atoms with van der Waals surface area (Å²) in [6.07, 6.45) is 3.13. The maximum atomic E-state index is 11.1. The molecule has 0 aliphatic rings. The SMILES string of the molecule is CC.CSc1cc(NS(C)(=O)=O)c(C)cc1C.O=CO. The van der Waals surface area contributed by atoms with Gasteiger partial charge in [-0.25, -0.2) is 8.42 Å². The third-order valence-electron chi connectivity index (χ3n) is 2.04. The number of rotatable bonds is 3. The van der Waals surface area contributed by atoms with Crippen LogP contribution in [0.5, 0.6) is 0 Å². The molecule has 0 amide bonds. The Labute approximate surface area is 125 Å². The maximum absolute atomic E-state index is 11.1. The van der Waals surface area contributed by atoms with Crippen LogP contribution in [-0.2, 0) is 14.8 Å². The highest BCUT2D eigenvalue weighted by molar-refractivity contribution is 7.98. The predicted octanol–water partition coefficient (Wildman–Crippen LogP) is 3.12. The molecule has 0 atom stereocenters. The van der Waals surface area contributed by atoms with E-state index in [2.05, 4.69) is 4.72 Å². The number of anilines is 1. The number of hydrogen-bond donors (Lipinski definition) is 2. The number of carboxylic acid groups (broad SMARTS) is 1. The number of benzene rings is 1. The monoisotopic (exact) mass is 321 g/mol. The van der Waals surface area contributed by atoms with E-state index < -0.39 is 10.0 Å². The molecule has 1 aromatic carbocycles. The molecular formula is C13H23NO4S2. The molecule has 0 aliphatic heterocycles. The molecule has 0 saturated carbocycles. The summed E-state index contributed by atoms with van der Waals surface area (Å²) in [6, 6.07) is 3.86. The Morgan fingerprint density at radius 2 is 1.65 bits per heavy atom. The van der Waals surface area contributed by atoms with Crippen molar-refractivity contribution in [1.82, 2.24) is 0 Å². The van der Waals surface area contributed by atoms with Crippen molar-refractivity contribution < 1.29 is 18.3 Å². The molecule has 7 heteroatoms. The molecule has 20 heavy (non-hydrogen) atoms. The zero-order chi connectivity index (χ0) is 16.3. The van der Waals surface area contributed by atoms with E-state index in [1.807, 2.05) is 46.1 Å². The molecule has 0 bridgehead atoms. The molecule has 1 aromatic rings. The third kappa shape index (κ3) is 8.82. The number of carbonyl (C=O) groups is 1. The van der Waals surface area contributed by atoms with Gasteiger partial charge in [0, 0.05) is 4.90 Å². The van der Waals surface area contributed by atoms with Crippen LogP contribution in [0.3, 0.4) is 0 Å². The Kier molecular flexibility index (Phi) is 11.1. The number of aryl methyl sites for hydroxylation is 2. The minimum Gasteiger partial charge on any atom is -0.483 e. The lowest BCUT2D eigenvalue weighted by molar-refractivity contribution is -0.122. The Morgan fingerprint density at radius 3 is 2.00 bits per heavy atom. The van der Waals surface area contributed by atoms with Gasteiger partial charge in [-0.15, -0.1) is 11.8 Å². The molecular weight excluding hydrogens is 298 g/mol. The molecule has 0 radical (unpaired) electrons. The molecule has 1 rings (SSSR count). The van der Waals surface area contributed by atoms with Crippen LogP contribution in [0.2, 0.25) is 0 Å². The van der Waals surface area contributed by atoms with E-state index in [-0.39, 0.29) is 6.47 Å². The van der Waals surface area contributed by atoms with E-state index in [1.165, 1.54) is 5.56 Å². The van der Waals surface area contributed by atoms with Crippen molar-refractivity contribution in [3.63, 3.8) is 0 Å². The lowest BCUT2D eigenvalue weighted by Crippen LogP contribution is -2.10. The summed E-state index contributed by atoms with van der Waals surface area (Å²) < 4.78 is 24.7. The minimum atomic E-state index is -3.20. The molecule has 0 unspecified atom stereocenters. The fourth-order valence-corrected chi connectivity index (χ4v) is 2.60. The lowest BCUT2D eigenvalue weighted by Gasteiger charge is -2.11. The molecule has 0 heterocycles. The molecule has 0 saturated heterocycles. The van der Waals surface area contributed by atoms with Gasteiger partial charge in [-0.2, -0.15) is 0 Å². The van der Waals surface area contributed by atoms with Crippen LogP contribution in [0.15, 0.2) is 17.0 Å². The summed E-state index contributed by atoms with van der Waals surface area (Å²) in [6.45, 7) is 7.66. The van der Waals surface area contributed by atoms with Crippen LogP contribution in [-0.4, -0.2) is 32.5 Å². The van der Waals surface area contributed by atoms with Gasteiger partial charge in [0.15, 0.2) is 0 Å². The van der Waals surface area contributed by atoms with Gasteiger partial charge < -0.3 is 5.11 Å². The van der Waals surface area contributed by atoms with Gasteiger partial charge in [-0.3, -0.25) is 9.52 Å². The van der Waals surface area contributed by atoms with Crippen molar-refractivity contribution in [3.05, 3.63) is 23.3 Å². The Hall–Kier alpha value is -1.21. The van der Waals surface area contributed by atoms with Crippen molar-refractivity contribution in [3.8, 4) is 0 Å². The van der Waals surface area contributed by atoms with E-state index in [9.17, 15) is 8.42 Å². The van der Waals surface area contributed by atoms with E-state index in [1.54, 1.807) is 11.8 Å². The van der Waals surface area contributed by atoms with Crippen LogP contribution >= 0.6 is 11.8 Å². The zero-order valence-corrected chi connectivity index (χ0v) is 14.4. The summed E-state index contributed by atoms with van der Waals surface area (Å²) in [5.74, 6) is 0. The first-order chi connectivity index (χ1) is 9.25. The minimum absolute atomic E-state index is 0.250. The second-order valence-electron chi connectivity index (χ2n) is 3.62. The van der Waals surface area contributed by atoms with Gasteiger partial charge in [0.25, 0.3) is 6.47 Å². The fourth-order valence-electron chi connectivity index (χ4n) is 1.36. The van der Waals surface area contributed by atoms with Gasteiger partial charge in [-0.05, 0) is 37.3 Å². The lowest BCUT2D eigenvalue weighted by atomic mass is 10.1. The van der Waals surface area contributed by atoms with Crippen LogP contribution in [0, 0.1) is 13.8 Å². The zero-order valence-electron chi connectivity index (χ0n) is 12.7. The van der Waals surface area contributed by atoms with E-state index >= 15 is 0 Å². The van der Waals surface area contributed by atoms with E-state index in [4.69, 9.17) is 9.90 Å². The summed E-state index contributed by atoms with van der Waals surface area (Å²) in [4.78, 5) is 9.45. The van der Waals surface area contributed by atoms with Crippen molar-refractivity contribution >= 4 is 33.9 Å². The Bertz CT molecular complexity index is 513. The van der Waals surface area contributed by atoms with Gasteiger partial charge >= 0.3 is 0 Å². The summed E-state index contributed by atoms with van der Waals surface area (Å²) >= 11 is 1.61. The second-order valence-corrected chi connectivity index (χ2v) is 6.21. The van der Waals surface area contributed by atoms with Gasteiger partial charge in [-0.1, -0.05) is 19.9 Å². The molecule has 116 valence electrons. The van der Waals surface area contributed by atoms with E-state index in [0.29, 0.717) is 5.69 Å². The smallest absolute Gasteiger partial charge is 0.290 e. The van der Waals surface area contributed by atoms with E-state index in [0.717, 1.165) is 16.7 Å². The van der Waals surface area contributed by atoms with Crippen LogP contribution in [0.1, 0.15) is 25.0 Å². The Balaban J connectivity index is 0. The summed E-state index contributed by atoms with van der Waals surface area (Å²) in [5, 5.41) is 6.89. The van der Waals surface area contributed by atoms with Crippen molar-refractivity contribution in [2.24, 2.45) is 0 Å². The Morgan fingerprint density at radius 1 is 1.20 bits per heavy atom. The normalized spacial score (nSPS) is 9.50. The first kappa shape index (κ1) is 21.1. The molecule has 0 aliphatic carbocycles. The number of nitrogens with one attached hydrogen (secondary N) is 1. The topological polar surface area (TPSA) is 83.5 Å². The number of sulfonamides is 1. The fraction of sp³-hybridized carbons (Fsp3) is 0.462. The first-order valence-corrected chi connectivity index (χ1v) is 9.07. The van der Waals surface area contributed by atoms with Crippen molar-refractivity contribution in [2.75, 3.05) is 17.2 Å². The summed E-state index contributed by atoms with van der Waals surface area (Å²) in [7, 11) is -3.20. The standard InChI is InChI=1S/C10H15NO2S2.C2H6.CH2O2/c1-7-5-8(2)10(14-3)6-9(7)11-15(4,12)13;1-2;2-1-3/h5-6,11H,1-4H3;1-2H3;1H,(H,2,3). The number of hydrogen-bond acceptors (Lipinski definition) is 4. The predicted molar refractivity (Wildman–Crippen MR) is 86.2 cm³/mol. The van der Waals surface area contributed by atoms with Crippen LogP contribution in [0.4, 0.5) is 5.69 Å². The maximum Gasteiger partial charge on any atom is 0.290 e. The third-order valence-corrected chi connectivity index (χ3v) is 3.51.